The van der Waals surface area contributed by atoms with E-state index in [1.807, 2.05) is 49.4 Å². The molecule has 1 aliphatic heterocycles. The molecule has 1 aliphatic rings. The van der Waals surface area contributed by atoms with Gasteiger partial charge < -0.3 is 15.5 Å². The molecule has 27 heavy (non-hydrogen) atoms. The Morgan fingerprint density at radius 1 is 1.22 bits per heavy atom. The third kappa shape index (κ3) is 4.91. The molecule has 0 unspecified atom stereocenters. The molecular formula is C20H22N4O3. The highest BCUT2D eigenvalue weighted by molar-refractivity contribution is 6.04. The van der Waals surface area contributed by atoms with Gasteiger partial charge in [-0.15, -0.1) is 0 Å². The van der Waals surface area contributed by atoms with Crippen molar-refractivity contribution >= 4 is 17.5 Å². The molecular weight excluding hydrogens is 344 g/mol. The van der Waals surface area contributed by atoms with E-state index in [0.29, 0.717) is 13.0 Å². The van der Waals surface area contributed by atoms with Crippen molar-refractivity contribution in [2.24, 2.45) is 5.16 Å². The number of carbonyl (C=O) groups is 2. The van der Waals surface area contributed by atoms with Crippen LogP contribution in [0, 0.1) is 6.92 Å². The summed E-state index contributed by atoms with van der Waals surface area (Å²) in [6.07, 6.45) is 1.31. The molecule has 1 aromatic carbocycles. The van der Waals surface area contributed by atoms with E-state index < -0.39 is 12.1 Å². The van der Waals surface area contributed by atoms with Gasteiger partial charge in [-0.1, -0.05) is 41.1 Å². The molecule has 0 spiro atoms. The number of aryl methyl sites for hydroxylation is 1. The van der Waals surface area contributed by atoms with Crippen molar-refractivity contribution in [2.75, 3.05) is 0 Å². The maximum absolute atomic E-state index is 12.4. The zero-order valence-corrected chi connectivity index (χ0v) is 15.3. The molecule has 7 nitrogen and oxygen atoms in total. The van der Waals surface area contributed by atoms with Gasteiger partial charge in [-0.3, -0.25) is 14.6 Å². The van der Waals surface area contributed by atoms with Crippen molar-refractivity contribution in [1.29, 1.82) is 0 Å². The predicted octanol–water partition coefficient (Wildman–Crippen LogP) is 1.70. The minimum absolute atomic E-state index is 0.285. The standard InChI is InChI=1S/C20H22N4O3/c1-13-6-8-15(9-7-13)17-11-18(27-24-17)20(26)23-14(2)19(25)22-12-16-5-3-4-10-21-16/h3-10,14,18H,11-12H2,1-2H3,(H,22,25)(H,23,26)/t14-,18-/m0/s1. The molecule has 140 valence electrons. The number of hydrogen-bond acceptors (Lipinski definition) is 5. The summed E-state index contributed by atoms with van der Waals surface area (Å²) < 4.78 is 0. The molecule has 1 aromatic heterocycles. The Hall–Kier alpha value is -3.22. The van der Waals surface area contributed by atoms with Gasteiger partial charge in [0.1, 0.15) is 6.04 Å². The molecule has 7 heteroatoms. The predicted molar refractivity (Wildman–Crippen MR) is 101 cm³/mol. The van der Waals surface area contributed by atoms with Crippen LogP contribution < -0.4 is 10.6 Å². The summed E-state index contributed by atoms with van der Waals surface area (Å²) >= 11 is 0. The summed E-state index contributed by atoms with van der Waals surface area (Å²) in [4.78, 5) is 33.9. The molecule has 3 rings (SSSR count). The highest BCUT2D eigenvalue weighted by Gasteiger charge is 2.30. The Kier molecular flexibility index (Phi) is 5.80. The summed E-state index contributed by atoms with van der Waals surface area (Å²) in [7, 11) is 0. The minimum Gasteiger partial charge on any atom is -0.382 e. The highest BCUT2D eigenvalue weighted by atomic mass is 16.6. The molecule has 0 bridgehead atoms. The maximum atomic E-state index is 12.4. The van der Waals surface area contributed by atoms with Crippen LogP contribution >= 0.6 is 0 Å². The Balaban J connectivity index is 1.47. The minimum atomic E-state index is -0.729. The lowest BCUT2D eigenvalue weighted by Gasteiger charge is -2.16. The van der Waals surface area contributed by atoms with E-state index in [9.17, 15) is 9.59 Å². The topological polar surface area (TPSA) is 92.7 Å². The van der Waals surface area contributed by atoms with Crippen LogP contribution in [0.1, 0.15) is 30.2 Å². The Bertz CT molecular complexity index is 834. The summed E-state index contributed by atoms with van der Waals surface area (Å²) in [5.74, 6) is -0.645. The van der Waals surface area contributed by atoms with Crippen LogP contribution in [0.15, 0.2) is 53.8 Å². The molecule has 2 aromatic rings. The largest absolute Gasteiger partial charge is 0.382 e. The van der Waals surface area contributed by atoms with E-state index in [1.165, 1.54) is 0 Å². The second kappa shape index (κ2) is 8.44. The van der Waals surface area contributed by atoms with Crippen molar-refractivity contribution in [3.63, 3.8) is 0 Å². The van der Waals surface area contributed by atoms with Gasteiger partial charge in [0.05, 0.1) is 18.0 Å². The summed E-state index contributed by atoms with van der Waals surface area (Å²) in [5.41, 5.74) is 3.55. The summed E-state index contributed by atoms with van der Waals surface area (Å²) in [5, 5.41) is 9.43. The summed E-state index contributed by atoms with van der Waals surface area (Å²) in [6.45, 7) is 3.94. The molecule has 0 saturated heterocycles. The van der Waals surface area contributed by atoms with Crippen molar-refractivity contribution in [3.05, 3.63) is 65.5 Å². The van der Waals surface area contributed by atoms with Crippen LogP contribution in [0.2, 0.25) is 0 Å². The van der Waals surface area contributed by atoms with Crippen molar-refractivity contribution < 1.29 is 14.4 Å². The van der Waals surface area contributed by atoms with E-state index in [2.05, 4.69) is 20.8 Å². The van der Waals surface area contributed by atoms with Gasteiger partial charge in [-0.25, -0.2) is 0 Å². The highest BCUT2D eigenvalue weighted by Crippen LogP contribution is 2.17. The number of nitrogens with one attached hydrogen (secondary N) is 2. The first kappa shape index (κ1) is 18.6. The lowest BCUT2D eigenvalue weighted by atomic mass is 10.0. The monoisotopic (exact) mass is 366 g/mol. The third-order valence-electron chi connectivity index (χ3n) is 4.27. The molecule has 0 aliphatic carbocycles. The normalized spacial score (nSPS) is 16.8. The quantitative estimate of drug-likeness (QED) is 0.814. The Morgan fingerprint density at radius 3 is 2.70 bits per heavy atom. The zero-order valence-electron chi connectivity index (χ0n) is 15.3. The molecule has 0 radical (unpaired) electrons. The maximum Gasteiger partial charge on any atom is 0.264 e. The molecule has 2 atom stereocenters. The van der Waals surface area contributed by atoms with Gasteiger partial charge in [0, 0.05) is 12.6 Å². The SMILES string of the molecule is Cc1ccc(C2=NO[C@H](C(=O)N[C@@H](C)C(=O)NCc3ccccn3)C2)cc1. The molecule has 0 fully saturated rings. The number of hydrogen-bond donors (Lipinski definition) is 2. The fourth-order valence-electron chi connectivity index (χ4n) is 2.64. The molecule has 0 saturated carbocycles. The average Bonchev–Trinajstić information content (AvgIpc) is 3.17. The van der Waals surface area contributed by atoms with Crippen molar-refractivity contribution in [1.82, 2.24) is 15.6 Å². The first-order valence-corrected chi connectivity index (χ1v) is 8.80. The van der Waals surface area contributed by atoms with Crippen LogP contribution in [0.25, 0.3) is 0 Å². The fourth-order valence-corrected chi connectivity index (χ4v) is 2.64. The number of oxime groups is 1. The van der Waals surface area contributed by atoms with Crippen LogP contribution in [-0.4, -0.2) is 34.7 Å². The van der Waals surface area contributed by atoms with Gasteiger partial charge in [0.2, 0.25) is 12.0 Å². The van der Waals surface area contributed by atoms with E-state index >= 15 is 0 Å². The van der Waals surface area contributed by atoms with Crippen molar-refractivity contribution in [3.8, 4) is 0 Å². The summed E-state index contributed by atoms with van der Waals surface area (Å²) in [6, 6.07) is 12.7. The van der Waals surface area contributed by atoms with Gasteiger partial charge in [-0.2, -0.15) is 0 Å². The second-order valence-electron chi connectivity index (χ2n) is 6.47. The number of amides is 2. The van der Waals surface area contributed by atoms with Crippen LogP contribution in [-0.2, 0) is 21.0 Å². The van der Waals surface area contributed by atoms with E-state index in [0.717, 1.165) is 22.5 Å². The lowest BCUT2D eigenvalue weighted by Crippen LogP contribution is -2.48. The van der Waals surface area contributed by atoms with Crippen LogP contribution in [0.3, 0.4) is 0 Å². The fraction of sp³-hybridized carbons (Fsp3) is 0.300. The average molecular weight is 366 g/mol. The Labute approximate surface area is 157 Å². The number of carbonyl (C=O) groups excluding carboxylic acids is 2. The Morgan fingerprint density at radius 2 is 2.00 bits per heavy atom. The molecule has 2 amide bonds. The molecule has 2 heterocycles. The van der Waals surface area contributed by atoms with Crippen LogP contribution in [0.4, 0.5) is 0 Å². The second-order valence-corrected chi connectivity index (χ2v) is 6.47. The van der Waals surface area contributed by atoms with Crippen LogP contribution in [0.5, 0.6) is 0 Å². The van der Waals surface area contributed by atoms with E-state index in [-0.39, 0.29) is 11.8 Å². The first-order chi connectivity index (χ1) is 13.0. The number of rotatable bonds is 6. The molecule has 2 N–H and O–H groups in total. The van der Waals surface area contributed by atoms with Gasteiger partial charge in [-0.05, 0) is 31.5 Å². The van der Waals surface area contributed by atoms with E-state index in [4.69, 9.17) is 4.84 Å². The van der Waals surface area contributed by atoms with Gasteiger partial charge in [0.25, 0.3) is 5.91 Å². The van der Waals surface area contributed by atoms with E-state index in [1.54, 1.807) is 13.1 Å². The first-order valence-electron chi connectivity index (χ1n) is 8.80. The van der Waals surface area contributed by atoms with Crippen molar-refractivity contribution in [2.45, 2.75) is 39.0 Å². The lowest BCUT2D eigenvalue weighted by molar-refractivity contribution is -0.135. The van der Waals surface area contributed by atoms with Gasteiger partial charge >= 0.3 is 0 Å². The number of aromatic nitrogens is 1. The zero-order chi connectivity index (χ0) is 19.2. The number of pyridine rings is 1. The van der Waals surface area contributed by atoms with Gasteiger partial charge in [0.15, 0.2) is 0 Å². The number of nitrogens with zero attached hydrogens (tertiary/aromatic N) is 2. The third-order valence-corrected chi connectivity index (χ3v) is 4.27. The smallest absolute Gasteiger partial charge is 0.264 e. The number of benzene rings is 1.